The molecule has 1 aromatic rings. The van der Waals surface area contributed by atoms with Crippen molar-refractivity contribution in [2.45, 2.75) is 12.3 Å². The molecule has 1 aromatic carbocycles. The van der Waals surface area contributed by atoms with Crippen molar-refractivity contribution in [3.63, 3.8) is 0 Å². The van der Waals surface area contributed by atoms with Crippen LogP contribution in [0.3, 0.4) is 0 Å². The van der Waals surface area contributed by atoms with Crippen molar-refractivity contribution in [1.29, 1.82) is 0 Å². The van der Waals surface area contributed by atoms with Crippen LogP contribution >= 0.6 is 0 Å². The first-order valence-electron chi connectivity index (χ1n) is 5.29. The normalized spacial score (nSPS) is 22.5. The fraction of sp³-hybridized carbons (Fsp3) is 0.308. The molecule has 1 aliphatic carbocycles. The molecule has 0 saturated heterocycles. The van der Waals surface area contributed by atoms with Gasteiger partial charge in [-0.05, 0) is 30.0 Å². The number of carboxylic acid groups (broad SMARTS) is 1. The van der Waals surface area contributed by atoms with Crippen molar-refractivity contribution in [3.8, 4) is 5.75 Å². The first-order chi connectivity index (χ1) is 7.72. The molecule has 2 rings (SSSR count). The predicted octanol–water partition coefficient (Wildman–Crippen LogP) is 2.44. The van der Waals surface area contributed by atoms with Crippen molar-refractivity contribution in [3.05, 3.63) is 42.5 Å². The molecule has 0 amide bonds. The lowest BCUT2D eigenvalue weighted by Crippen LogP contribution is -1.99. The second kappa shape index (κ2) is 4.39. The Morgan fingerprint density at radius 1 is 1.50 bits per heavy atom. The van der Waals surface area contributed by atoms with Gasteiger partial charge in [-0.15, -0.1) is 0 Å². The zero-order chi connectivity index (χ0) is 11.5. The lowest BCUT2D eigenvalue weighted by molar-refractivity contribution is -0.138. The largest absolute Gasteiger partial charge is 0.490 e. The highest BCUT2D eigenvalue weighted by Crippen LogP contribution is 2.47. The highest BCUT2D eigenvalue weighted by atomic mass is 16.5. The van der Waals surface area contributed by atoms with Gasteiger partial charge < -0.3 is 9.84 Å². The molecule has 0 aromatic heterocycles. The van der Waals surface area contributed by atoms with E-state index in [1.165, 1.54) is 0 Å². The summed E-state index contributed by atoms with van der Waals surface area (Å²) in [5, 5.41) is 8.82. The van der Waals surface area contributed by atoms with Crippen LogP contribution in [-0.4, -0.2) is 17.7 Å². The number of hydrogen-bond donors (Lipinski definition) is 1. The first kappa shape index (κ1) is 10.7. The van der Waals surface area contributed by atoms with Crippen LogP contribution in [0.15, 0.2) is 36.9 Å². The molecular weight excluding hydrogens is 204 g/mol. The number of ether oxygens (including phenoxy) is 1. The molecule has 3 heteroatoms. The number of hydrogen-bond acceptors (Lipinski definition) is 2. The summed E-state index contributed by atoms with van der Waals surface area (Å²) >= 11 is 0. The minimum absolute atomic E-state index is 0.186. The van der Waals surface area contributed by atoms with Crippen LogP contribution in [0.4, 0.5) is 0 Å². The van der Waals surface area contributed by atoms with Crippen LogP contribution in [0.5, 0.6) is 5.75 Å². The van der Waals surface area contributed by atoms with E-state index in [0.717, 1.165) is 17.7 Å². The third-order valence-corrected chi connectivity index (χ3v) is 2.78. The van der Waals surface area contributed by atoms with Gasteiger partial charge in [-0.2, -0.15) is 0 Å². The van der Waals surface area contributed by atoms with Crippen LogP contribution in [0, 0.1) is 5.92 Å². The monoisotopic (exact) mass is 218 g/mol. The quantitative estimate of drug-likeness (QED) is 0.772. The van der Waals surface area contributed by atoms with E-state index in [1.807, 2.05) is 24.3 Å². The summed E-state index contributed by atoms with van der Waals surface area (Å²) in [6.07, 6.45) is 2.44. The molecule has 1 unspecified atom stereocenters. The second-order valence-corrected chi connectivity index (χ2v) is 3.96. The van der Waals surface area contributed by atoms with Gasteiger partial charge in [-0.3, -0.25) is 4.79 Å². The van der Waals surface area contributed by atoms with Crippen molar-refractivity contribution < 1.29 is 14.6 Å². The summed E-state index contributed by atoms with van der Waals surface area (Å²) in [5.74, 6) is 0.0825. The van der Waals surface area contributed by atoms with Crippen molar-refractivity contribution >= 4 is 5.97 Å². The minimum Gasteiger partial charge on any atom is -0.490 e. The Morgan fingerprint density at radius 3 is 2.69 bits per heavy atom. The third kappa shape index (κ3) is 2.24. The van der Waals surface area contributed by atoms with Gasteiger partial charge in [0, 0.05) is 0 Å². The number of aliphatic carboxylic acids is 1. The van der Waals surface area contributed by atoms with Gasteiger partial charge in [0.05, 0.1) is 5.92 Å². The molecule has 16 heavy (non-hydrogen) atoms. The zero-order valence-electron chi connectivity index (χ0n) is 8.93. The molecule has 0 spiro atoms. The lowest BCUT2D eigenvalue weighted by Gasteiger charge is -2.04. The van der Waals surface area contributed by atoms with E-state index in [2.05, 4.69) is 6.58 Å². The number of rotatable bonds is 5. The molecule has 0 bridgehead atoms. The Balaban J connectivity index is 1.98. The molecule has 3 nitrogen and oxygen atoms in total. The van der Waals surface area contributed by atoms with E-state index < -0.39 is 5.97 Å². The van der Waals surface area contributed by atoms with Gasteiger partial charge in [0.1, 0.15) is 12.4 Å². The van der Waals surface area contributed by atoms with Gasteiger partial charge in [0.2, 0.25) is 0 Å². The highest BCUT2D eigenvalue weighted by molar-refractivity contribution is 5.75. The summed E-state index contributed by atoms with van der Waals surface area (Å²) in [7, 11) is 0. The SMILES string of the molecule is C=CCOc1ccc(C2C[C@@H]2C(=O)O)cc1. The van der Waals surface area contributed by atoms with E-state index >= 15 is 0 Å². The summed E-state index contributed by atoms with van der Waals surface area (Å²) in [6.45, 7) is 4.06. The summed E-state index contributed by atoms with van der Waals surface area (Å²) < 4.78 is 5.35. The fourth-order valence-corrected chi connectivity index (χ4v) is 1.80. The maximum atomic E-state index is 10.7. The molecule has 1 N–H and O–H groups in total. The first-order valence-corrected chi connectivity index (χ1v) is 5.29. The van der Waals surface area contributed by atoms with Crippen LogP contribution in [0.25, 0.3) is 0 Å². The molecule has 2 atom stereocenters. The molecule has 1 saturated carbocycles. The molecule has 0 heterocycles. The number of carbonyl (C=O) groups is 1. The van der Waals surface area contributed by atoms with E-state index in [1.54, 1.807) is 6.08 Å². The Hall–Kier alpha value is -1.77. The molecule has 84 valence electrons. The average Bonchev–Trinajstić information content (AvgIpc) is 3.07. The van der Waals surface area contributed by atoms with Crippen LogP contribution in [-0.2, 0) is 4.79 Å². The second-order valence-electron chi connectivity index (χ2n) is 3.96. The maximum Gasteiger partial charge on any atom is 0.307 e. The molecule has 1 fully saturated rings. The van der Waals surface area contributed by atoms with E-state index in [-0.39, 0.29) is 11.8 Å². The van der Waals surface area contributed by atoms with Crippen molar-refractivity contribution in [1.82, 2.24) is 0 Å². The molecule has 0 aliphatic heterocycles. The van der Waals surface area contributed by atoms with E-state index in [9.17, 15) is 4.79 Å². The summed E-state index contributed by atoms with van der Waals surface area (Å²) in [6, 6.07) is 7.62. The number of benzene rings is 1. The van der Waals surface area contributed by atoms with Crippen LogP contribution < -0.4 is 4.74 Å². The molecule has 0 radical (unpaired) electrons. The van der Waals surface area contributed by atoms with Gasteiger partial charge in [-0.1, -0.05) is 24.8 Å². The fourth-order valence-electron chi connectivity index (χ4n) is 1.80. The van der Waals surface area contributed by atoms with Gasteiger partial charge in [0.15, 0.2) is 0 Å². The standard InChI is InChI=1S/C13H14O3/c1-2-7-16-10-5-3-9(4-6-10)11-8-12(11)13(14)15/h2-6,11-12H,1,7-8H2,(H,14,15)/t11?,12-/m0/s1. The Bertz CT molecular complexity index is 394. The zero-order valence-corrected chi connectivity index (χ0v) is 8.93. The third-order valence-electron chi connectivity index (χ3n) is 2.78. The molecular formula is C13H14O3. The highest BCUT2D eigenvalue weighted by Gasteiger charge is 2.43. The maximum absolute atomic E-state index is 10.7. The van der Waals surface area contributed by atoms with Crippen molar-refractivity contribution in [2.75, 3.05) is 6.61 Å². The summed E-state index contributed by atoms with van der Waals surface area (Å²) in [4.78, 5) is 10.7. The number of carboxylic acids is 1. The lowest BCUT2D eigenvalue weighted by atomic mass is 10.1. The van der Waals surface area contributed by atoms with Gasteiger partial charge >= 0.3 is 5.97 Å². The Kier molecular flexibility index (Phi) is 2.95. The predicted molar refractivity (Wildman–Crippen MR) is 60.6 cm³/mol. The minimum atomic E-state index is -0.697. The molecule has 1 aliphatic rings. The Labute approximate surface area is 94.4 Å². The summed E-state index contributed by atoms with van der Waals surface area (Å²) in [5.41, 5.74) is 1.08. The van der Waals surface area contributed by atoms with E-state index in [4.69, 9.17) is 9.84 Å². The van der Waals surface area contributed by atoms with Crippen molar-refractivity contribution in [2.24, 2.45) is 5.92 Å². The Morgan fingerprint density at radius 2 is 2.19 bits per heavy atom. The van der Waals surface area contributed by atoms with Gasteiger partial charge in [-0.25, -0.2) is 0 Å². The van der Waals surface area contributed by atoms with Gasteiger partial charge in [0.25, 0.3) is 0 Å². The average molecular weight is 218 g/mol. The van der Waals surface area contributed by atoms with Crippen LogP contribution in [0.2, 0.25) is 0 Å². The van der Waals surface area contributed by atoms with E-state index in [0.29, 0.717) is 6.61 Å². The van der Waals surface area contributed by atoms with Crippen LogP contribution in [0.1, 0.15) is 17.9 Å². The smallest absolute Gasteiger partial charge is 0.307 e. The topological polar surface area (TPSA) is 46.5 Å².